The Hall–Kier alpha value is -3.27. The number of nitrogens with zero attached hydrogens (tertiary/aromatic N) is 2. The van der Waals surface area contributed by atoms with E-state index < -0.39 is 11.7 Å². The number of methoxy groups -OCH3 is 1. The Bertz CT molecular complexity index is 1180. The van der Waals surface area contributed by atoms with Crippen molar-refractivity contribution in [1.29, 1.82) is 5.41 Å². The molecule has 0 bridgehead atoms. The van der Waals surface area contributed by atoms with Crippen molar-refractivity contribution < 1.29 is 22.6 Å². The summed E-state index contributed by atoms with van der Waals surface area (Å²) in [5, 5.41) is 7.76. The van der Waals surface area contributed by atoms with E-state index in [-0.39, 0.29) is 29.9 Å². The molecule has 0 aliphatic carbocycles. The molecule has 192 valence electrons. The Balaban J connectivity index is 1.84. The van der Waals surface area contributed by atoms with Gasteiger partial charge in [-0.1, -0.05) is 40.2 Å². The van der Waals surface area contributed by atoms with Crippen LogP contribution in [0, 0.1) is 5.41 Å². The van der Waals surface area contributed by atoms with Crippen LogP contribution in [-0.4, -0.2) is 43.1 Å². The third-order valence-corrected chi connectivity index (χ3v) is 6.13. The predicted molar refractivity (Wildman–Crippen MR) is 140 cm³/mol. The van der Waals surface area contributed by atoms with E-state index in [0.717, 1.165) is 22.5 Å². The molecule has 1 unspecified atom stereocenters. The average Bonchev–Trinajstić information content (AvgIpc) is 3.32. The number of allylic oxidation sites excluding steroid dienone is 1. The first-order valence-electron chi connectivity index (χ1n) is 11.3. The van der Waals surface area contributed by atoms with Crippen LogP contribution in [0.3, 0.4) is 0 Å². The number of likely N-dealkylation sites (tertiary alicyclic amines) is 1. The summed E-state index contributed by atoms with van der Waals surface area (Å²) in [7, 11) is 1.45. The molecule has 1 aliphatic rings. The molecule has 1 heterocycles. The monoisotopic (exact) mass is 564 g/mol. The van der Waals surface area contributed by atoms with Crippen molar-refractivity contribution in [3.8, 4) is 5.75 Å². The minimum atomic E-state index is -4.62. The zero-order valence-electron chi connectivity index (χ0n) is 20.0. The smallest absolute Gasteiger partial charge is 0.419 e. The lowest BCUT2D eigenvalue weighted by atomic mass is 10.1. The molecular weight excluding hydrogens is 537 g/mol. The number of benzene rings is 2. The normalized spacial score (nSPS) is 17.1. The zero-order chi connectivity index (χ0) is 26.3. The Morgan fingerprint density at radius 2 is 2.06 bits per heavy atom. The molecule has 10 heteroatoms. The number of ether oxygens (including phenoxy) is 2. The molecule has 3 N–H and O–H groups in total. The highest BCUT2D eigenvalue weighted by molar-refractivity contribution is 9.10. The van der Waals surface area contributed by atoms with Gasteiger partial charge in [0.2, 0.25) is 5.90 Å². The summed E-state index contributed by atoms with van der Waals surface area (Å²) in [6.45, 7) is 2.25. The first-order valence-corrected chi connectivity index (χ1v) is 12.1. The molecule has 0 radical (unpaired) electrons. The van der Waals surface area contributed by atoms with Crippen LogP contribution in [0.15, 0.2) is 64.1 Å². The summed E-state index contributed by atoms with van der Waals surface area (Å²) in [4.78, 5) is 6.17. The summed E-state index contributed by atoms with van der Waals surface area (Å²) >= 11 is 3.38. The lowest BCUT2D eigenvalue weighted by Crippen LogP contribution is -2.44. The van der Waals surface area contributed by atoms with Crippen LogP contribution < -0.4 is 10.5 Å². The van der Waals surface area contributed by atoms with Gasteiger partial charge in [0.25, 0.3) is 0 Å². The van der Waals surface area contributed by atoms with Gasteiger partial charge in [0.15, 0.2) is 5.96 Å². The van der Waals surface area contributed by atoms with E-state index in [1.165, 1.54) is 19.2 Å². The number of nitrogens with two attached hydrogens (primary N) is 1. The molecule has 1 aliphatic heterocycles. The number of alkyl halides is 3. The number of nitrogens with one attached hydrogen (secondary N) is 1. The van der Waals surface area contributed by atoms with E-state index in [9.17, 15) is 13.2 Å². The first kappa shape index (κ1) is 27.3. The molecule has 1 saturated heterocycles. The Morgan fingerprint density at radius 1 is 1.28 bits per heavy atom. The van der Waals surface area contributed by atoms with Gasteiger partial charge >= 0.3 is 6.18 Å². The molecule has 0 amide bonds. The number of hydrogen-bond acceptors (Lipinski definition) is 4. The molecular formula is C26H28BrF3N4O2. The van der Waals surface area contributed by atoms with Crippen molar-refractivity contribution in [2.45, 2.75) is 32.0 Å². The largest absolute Gasteiger partial charge is 0.489 e. The van der Waals surface area contributed by atoms with Crippen LogP contribution in [0.25, 0.3) is 11.8 Å². The molecule has 2 aromatic rings. The van der Waals surface area contributed by atoms with Crippen LogP contribution in [0.1, 0.15) is 36.5 Å². The fourth-order valence-electron chi connectivity index (χ4n) is 3.95. The molecule has 1 fully saturated rings. The number of halogens is 4. The van der Waals surface area contributed by atoms with Gasteiger partial charge in [-0.05, 0) is 61.7 Å². The molecule has 2 aromatic carbocycles. The van der Waals surface area contributed by atoms with Gasteiger partial charge in [0.1, 0.15) is 18.4 Å². The van der Waals surface area contributed by atoms with E-state index >= 15 is 0 Å². The topological polar surface area (TPSA) is 83.9 Å². The Kier molecular flexibility index (Phi) is 9.19. The van der Waals surface area contributed by atoms with Crippen molar-refractivity contribution in [3.05, 3.63) is 75.8 Å². The van der Waals surface area contributed by atoms with Gasteiger partial charge in [-0.25, -0.2) is 4.99 Å². The summed E-state index contributed by atoms with van der Waals surface area (Å²) in [5.41, 5.74) is 6.25. The quantitative estimate of drug-likeness (QED) is 0.304. The third kappa shape index (κ3) is 6.90. The molecule has 6 nitrogen and oxygen atoms in total. The highest BCUT2D eigenvalue weighted by Crippen LogP contribution is 2.38. The molecule has 3 rings (SSSR count). The second kappa shape index (κ2) is 12.1. The standard InChI is InChI=1S/C26H28BrF3N4O2/c1-3-21(33-24(35-2)22-10-5-13-34(22)25(31)32)18-11-12-23(20(16-18)26(28,29)30)36-14-6-8-17-7-4-9-19(27)15-17/h3-4,6-9,11-12,15-16,22H,5,10,13-14H2,1-2H3,(H3,31,32)/b8-6+,21-3-,33-24-. The maximum atomic E-state index is 13.9. The summed E-state index contributed by atoms with van der Waals surface area (Å²) < 4.78 is 53.5. The van der Waals surface area contributed by atoms with Crippen LogP contribution >= 0.6 is 15.9 Å². The van der Waals surface area contributed by atoms with Crippen molar-refractivity contribution in [2.24, 2.45) is 10.7 Å². The van der Waals surface area contributed by atoms with E-state index in [4.69, 9.17) is 20.6 Å². The minimum Gasteiger partial charge on any atom is -0.489 e. The fraction of sp³-hybridized carbons (Fsp3) is 0.308. The maximum Gasteiger partial charge on any atom is 0.419 e. The Labute approximate surface area is 216 Å². The number of aliphatic imine (C=N–C) groups is 1. The van der Waals surface area contributed by atoms with E-state index in [1.807, 2.05) is 24.3 Å². The van der Waals surface area contributed by atoms with Gasteiger partial charge in [0.05, 0.1) is 18.4 Å². The van der Waals surface area contributed by atoms with Gasteiger partial charge in [-0.15, -0.1) is 0 Å². The van der Waals surface area contributed by atoms with Crippen LogP contribution in [0.4, 0.5) is 13.2 Å². The first-order chi connectivity index (χ1) is 17.1. The molecule has 0 spiro atoms. The van der Waals surface area contributed by atoms with Gasteiger partial charge in [-0.3, -0.25) is 5.41 Å². The van der Waals surface area contributed by atoms with Gasteiger partial charge in [-0.2, -0.15) is 13.2 Å². The Morgan fingerprint density at radius 3 is 2.69 bits per heavy atom. The highest BCUT2D eigenvalue weighted by Gasteiger charge is 2.35. The summed E-state index contributed by atoms with van der Waals surface area (Å²) in [6.07, 6.45) is 1.91. The second-order valence-corrected chi connectivity index (χ2v) is 8.96. The molecule has 36 heavy (non-hydrogen) atoms. The second-order valence-electron chi connectivity index (χ2n) is 8.04. The van der Waals surface area contributed by atoms with Crippen LogP contribution in [0.5, 0.6) is 5.75 Å². The number of hydrogen-bond donors (Lipinski definition) is 2. The van der Waals surface area contributed by atoms with Crippen LogP contribution in [0.2, 0.25) is 0 Å². The van der Waals surface area contributed by atoms with E-state index in [1.54, 1.807) is 30.1 Å². The van der Waals surface area contributed by atoms with Gasteiger partial charge < -0.3 is 20.1 Å². The predicted octanol–water partition coefficient (Wildman–Crippen LogP) is 6.32. The molecule has 0 saturated carbocycles. The summed E-state index contributed by atoms with van der Waals surface area (Å²) in [6, 6.07) is 11.0. The summed E-state index contributed by atoms with van der Waals surface area (Å²) in [5.74, 6) is -0.0726. The number of guanidine groups is 1. The lowest BCUT2D eigenvalue weighted by molar-refractivity contribution is -0.138. The van der Waals surface area contributed by atoms with Crippen molar-refractivity contribution in [3.63, 3.8) is 0 Å². The average molecular weight is 565 g/mol. The maximum absolute atomic E-state index is 13.9. The zero-order valence-corrected chi connectivity index (χ0v) is 21.6. The van der Waals surface area contributed by atoms with Crippen molar-refractivity contribution in [1.82, 2.24) is 4.90 Å². The third-order valence-electron chi connectivity index (χ3n) is 5.64. The van der Waals surface area contributed by atoms with Gasteiger partial charge in [0, 0.05) is 16.6 Å². The SMILES string of the molecule is C/C=C(\N=C(/OC)C1CCCN1C(=N)N)c1ccc(OC/C=C/c2cccc(Br)c2)c(C(F)(F)F)c1. The molecule has 1 atom stereocenters. The highest BCUT2D eigenvalue weighted by atomic mass is 79.9. The lowest BCUT2D eigenvalue weighted by Gasteiger charge is -2.25. The minimum absolute atomic E-state index is 0.0278. The molecule has 0 aromatic heterocycles. The van der Waals surface area contributed by atoms with Crippen molar-refractivity contribution in [2.75, 3.05) is 20.3 Å². The number of rotatable bonds is 7. The fourth-order valence-corrected chi connectivity index (χ4v) is 4.37. The van der Waals surface area contributed by atoms with E-state index in [0.29, 0.717) is 24.6 Å². The van der Waals surface area contributed by atoms with E-state index in [2.05, 4.69) is 20.9 Å². The van der Waals surface area contributed by atoms with Crippen molar-refractivity contribution >= 4 is 39.6 Å². The van der Waals surface area contributed by atoms with Crippen LogP contribution in [-0.2, 0) is 10.9 Å².